The molecule has 4 rings (SSSR count). The summed E-state index contributed by atoms with van der Waals surface area (Å²) in [5.74, 6) is -1.25. The van der Waals surface area contributed by atoms with Gasteiger partial charge in [-0.15, -0.1) is 0 Å². The number of hydrogen-bond donors (Lipinski definition) is 0. The summed E-state index contributed by atoms with van der Waals surface area (Å²) in [6, 6.07) is 16.8. The molecule has 0 bridgehead atoms. The zero-order valence-corrected chi connectivity index (χ0v) is 20.5. The minimum atomic E-state index is -1.08. The standard InChI is InChI=1S/C28H30N2O6/c1-3-35-27(33)29-16-13-28(14-17-29)15-18-30(19-21-9-11-23(34-2)12-10-21)25(31)24(28)26(32)36-20-22-7-5-4-6-8-22/h4-14,16-17,24H,3,15,18-20H2,1-2H3. The van der Waals surface area contributed by atoms with E-state index in [1.54, 1.807) is 43.5 Å². The maximum Gasteiger partial charge on any atom is 0.417 e. The molecule has 0 aromatic heterocycles. The highest BCUT2D eigenvalue weighted by Gasteiger charge is 2.51. The van der Waals surface area contributed by atoms with Crippen LogP contribution in [0.15, 0.2) is 79.1 Å². The molecule has 2 aromatic rings. The molecular weight excluding hydrogens is 460 g/mol. The van der Waals surface area contributed by atoms with E-state index in [4.69, 9.17) is 14.2 Å². The van der Waals surface area contributed by atoms with Gasteiger partial charge in [-0.05, 0) is 36.6 Å². The van der Waals surface area contributed by atoms with Crippen molar-refractivity contribution < 1.29 is 28.6 Å². The van der Waals surface area contributed by atoms with Crippen LogP contribution in [0.5, 0.6) is 5.75 Å². The molecule has 188 valence electrons. The Balaban J connectivity index is 1.56. The molecule has 1 atom stereocenters. The molecule has 1 saturated heterocycles. The number of carbonyl (C=O) groups is 3. The molecule has 1 fully saturated rings. The summed E-state index contributed by atoms with van der Waals surface area (Å²) in [7, 11) is 1.60. The van der Waals surface area contributed by atoms with E-state index in [0.717, 1.165) is 16.9 Å². The molecule has 0 saturated carbocycles. The van der Waals surface area contributed by atoms with E-state index in [9.17, 15) is 14.4 Å². The molecular formula is C28H30N2O6. The lowest BCUT2D eigenvalue weighted by molar-refractivity contribution is -0.164. The van der Waals surface area contributed by atoms with Crippen molar-refractivity contribution in [3.8, 4) is 5.75 Å². The number of allylic oxidation sites excluding steroid dienone is 2. The summed E-state index contributed by atoms with van der Waals surface area (Å²) in [5.41, 5.74) is 0.866. The van der Waals surface area contributed by atoms with Gasteiger partial charge < -0.3 is 19.1 Å². The van der Waals surface area contributed by atoms with Crippen molar-refractivity contribution >= 4 is 18.0 Å². The van der Waals surface area contributed by atoms with Crippen molar-refractivity contribution in [2.24, 2.45) is 11.3 Å². The van der Waals surface area contributed by atoms with Gasteiger partial charge in [-0.3, -0.25) is 14.5 Å². The quantitative estimate of drug-likeness (QED) is 0.426. The maximum atomic E-state index is 13.7. The number of methoxy groups -OCH3 is 1. The van der Waals surface area contributed by atoms with Crippen molar-refractivity contribution in [2.45, 2.75) is 26.5 Å². The van der Waals surface area contributed by atoms with E-state index < -0.39 is 23.4 Å². The molecule has 2 aromatic carbocycles. The van der Waals surface area contributed by atoms with E-state index in [1.165, 1.54) is 4.90 Å². The van der Waals surface area contributed by atoms with Crippen molar-refractivity contribution in [2.75, 3.05) is 20.3 Å². The second-order valence-corrected chi connectivity index (χ2v) is 8.73. The van der Waals surface area contributed by atoms with Crippen LogP contribution < -0.4 is 4.74 Å². The van der Waals surface area contributed by atoms with Crippen molar-refractivity contribution in [1.82, 2.24) is 9.80 Å². The number of ether oxygens (including phenoxy) is 3. The number of nitrogens with zero attached hydrogens (tertiary/aromatic N) is 2. The molecule has 0 aliphatic carbocycles. The maximum absolute atomic E-state index is 13.7. The van der Waals surface area contributed by atoms with Crippen LogP contribution in [0.3, 0.4) is 0 Å². The molecule has 2 amide bonds. The highest BCUT2D eigenvalue weighted by atomic mass is 16.6. The number of esters is 1. The summed E-state index contributed by atoms with van der Waals surface area (Å²) in [5, 5.41) is 0. The third-order valence-electron chi connectivity index (χ3n) is 6.47. The molecule has 0 N–H and O–H groups in total. The zero-order valence-electron chi connectivity index (χ0n) is 20.5. The number of piperidine rings is 1. The third kappa shape index (κ3) is 5.43. The van der Waals surface area contributed by atoms with Gasteiger partial charge in [0.2, 0.25) is 5.91 Å². The van der Waals surface area contributed by atoms with E-state index >= 15 is 0 Å². The van der Waals surface area contributed by atoms with Gasteiger partial charge in [-0.1, -0.05) is 54.6 Å². The number of carbonyl (C=O) groups excluding carboxylic acids is 3. The van der Waals surface area contributed by atoms with Crippen molar-refractivity contribution in [1.29, 1.82) is 0 Å². The predicted molar refractivity (Wildman–Crippen MR) is 132 cm³/mol. The summed E-state index contributed by atoms with van der Waals surface area (Å²) >= 11 is 0. The number of amides is 2. The number of likely N-dealkylation sites (tertiary alicyclic amines) is 1. The topological polar surface area (TPSA) is 85.4 Å². The van der Waals surface area contributed by atoms with Crippen LogP contribution in [-0.2, 0) is 32.2 Å². The van der Waals surface area contributed by atoms with Crippen LogP contribution in [0.1, 0.15) is 24.5 Å². The second-order valence-electron chi connectivity index (χ2n) is 8.73. The van der Waals surface area contributed by atoms with Crippen molar-refractivity contribution in [3.05, 3.63) is 90.3 Å². The lowest BCUT2D eigenvalue weighted by Gasteiger charge is -2.44. The Kier molecular flexibility index (Phi) is 7.73. The Hall–Kier alpha value is -4.07. The highest BCUT2D eigenvalue weighted by molar-refractivity contribution is 6.00. The second kappa shape index (κ2) is 11.1. The lowest BCUT2D eigenvalue weighted by atomic mass is 9.68. The molecule has 2 heterocycles. The Bertz CT molecular complexity index is 1130. The van der Waals surface area contributed by atoms with Crippen LogP contribution in [0, 0.1) is 11.3 Å². The van der Waals surface area contributed by atoms with Gasteiger partial charge in [-0.25, -0.2) is 4.79 Å². The zero-order chi connectivity index (χ0) is 25.5. The van der Waals surface area contributed by atoms with Gasteiger partial charge in [0.1, 0.15) is 18.3 Å². The molecule has 8 nitrogen and oxygen atoms in total. The summed E-state index contributed by atoms with van der Waals surface area (Å²) < 4.78 is 15.9. The summed E-state index contributed by atoms with van der Waals surface area (Å²) in [6.45, 7) is 2.85. The van der Waals surface area contributed by atoms with Crippen LogP contribution in [0.2, 0.25) is 0 Å². The largest absolute Gasteiger partial charge is 0.497 e. The SMILES string of the molecule is CCOC(=O)N1C=CC2(C=C1)CCN(Cc1ccc(OC)cc1)C(=O)C2C(=O)OCc1ccccc1. The normalized spacial score (nSPS) is 18.3. The Morgan fingerprint density at radius 3 is 2.31 bits per heavy atom. The molecule has 0 radical (unpaired) electrons. The van der Waals surface area contributed by atoms with Crippen LogP contribution >= 0.6 is 0 Å². The molecule has 2 aliphatic rings. The smallest absolute Gasteiger partial charge is 0.417 e. The molecule has 2 aliphatic heterocycles. The van der Waals surface area contributed by atoms with Crippen LogP contribution in [0.25, 0.3) is 0 Å². The highest BCUT2D eigenvalue weighted by Crippen LogP contribution is 2.43. The van der Waals surface area contributed by atoms with E-state index in [-0.39, 0.29) is 19.1 Å². The minimum absolute atomic E-state index is 0.0698. The summed E-state index contributed by atoms with van der Waals surface area (Å²) in [4.78, 5) is 42.2. The van der Waals surface area contributed by atoms with E-state index in [0.29, 0.717) is 19.5 Å². The van der Waals surface area contributed by atoms with E-state index in [1.807, 2.05) is 54.6 Å². The fourth-order valence-corrected chi connectivity index (χ4v) is 4.46. The fraction of sp³-hybridized carbons (Fsp3) is 0.321. The fourth-order valence-electron chi connectivity index (χ4n) is 4.46. The monoisotopic (exact) mass is 490 g/mol. The van der Waals surface area contributed by atoms with Gasteiger partial charge in [0.15, 0.2) is 0 Å². The molecule has 8 heteroatoms. The predicted octanol–water partition coefficient (Wildman–Crippen LogP) is 4.27. The first-order valence-corrected chi connectivity index (χ1v) is 11.9. The Morgan fingerprint density at radius 2 is 1.67 bits per heavy atom. The van der Waals surface area contributed by atoms with Crippen molar-refractivity contribution in [3.63, 3.8) is 0 Å². The molecule has 1 spiro atoms. The molecule has 1 unspecified atom stereocenters. The number of rotatable bonds is 7. The van der Waals surface area contributed by atoms with E-state index in [2.05, 4.69) is 0 Å². The first kappa shape index (κ1) is 25.0. The average molecular weight is 491 g/mol. The van der Waals surface area contributed by atoms with Gasteiger partial charge in [0, 0.05) is 30.9 Å². The molecule has 36 heavy (non-hydrogen) atoms. The minimum Gasteiger partial charge on any atom is -0.497 e. The van der Waals surface area contributed by atoms with Gasteiger partial charge in [0.05, 0.1) is 13.7 Å². The average Bonchev–Trinajstić information content (AvgIpc) is 2.91. The number of benzene rings is 2. The first-order chi connectivity index (χ1) is 17.5. The van der Waals surface area contributed by atoms with Crippen LogP contribution in [-0.4, -0.2) is 48.0 Å². The van der Waals surface area contributed by atoms with Crippen LogP contribution in [0.4, 0.5) is 4.79 Å². The third-order valence-corrected chi connectivity index (χ3v) is 6.47. The van der Waals surface area contributed by atoms with Gasteiger partial charge >= 0.3 is 12.1 Å². The Morgan fingerprint density at radius 1 is 0.972 bits per heavy atom. The Labute approximate surface area is 210 Å². The lowest BCUT2D eigenvalue weighted by Crippen LogP contribution is -2.54. The van der Waals surface area contributed by atoms with Gasteiger partial charge in [0.25, 0.3) is 0 Å². The summed E-state index contributed by atoms with van der Waals surface area (Å²) in [6.07, 6.45) is 6.57. The van der Waals surface area contributed by atoms with Gasteiger partial charge in [-0.2, -0.15) is 0 Å². The number of hydrogen-bond acceptors (Lipinski definition) is 6. The first-order valence-electron chi connectivity index (χ1n) is 11.9.